The quantitative estimate of drug-likeness (QED) is 0.640. The minimum Gasteiger partial charge on any atom is -0.494 e. The van der Waals surface area contributed by atoms with Crippen molar-refractivity contribution in [3.8, 4) is 17.0 Å². The number of rotatable bonds is 5. The van der Waals surface area contributed by atoms with Gasteiger partial charge in [-0.05, 0) is 36.8 Å². The maximum atomic E-state index is 14.1. The molecule has 0 radical (unpaired) electrons. The summed E-state index contributed by atoms with van der Waals surface area (Å²) in [6, 6.07) is 14.9. The topological polar surface area (TPSA) is 26.5 Å². The Morgan fingerprint density at radius 2 is 1.96 bits per heavy atom. The van der Waals surface area contributed by atoms with Gasteiger partial charge in [0.25, 0.3) is 0 Å². The van der Waals surface area contributed by atoms with Gasteiger partial charge in [-0.1, -0.05) is 25.1 Å². The largest absolute Gasteiger partial charge is 0.494 e. The highest BCUT2D eigenvalue weighted by Crippen LogP contribution is 2.26. The molecule has 0 aliphatic heterocycles. The van der Waals surface area contributed by atoms with E-state index in [1.807, 2.05) is 41.8 Å². The molecule has 3 aromatic rings. The van der Waals surface area contributed by atoms with Gasteiger partial charge in [0.15, 0.2) is 16.4 Å². The van der Waals surface area contributed by atoms with Crippen molar-refractivity contribution in [3.63, 3.8) is 0 Å². The fourth-order valence-corrected chi connectivity index (χ4v) is 3.48. The van der Waals surface area contributed by atoms with Crippen molar-refractivity contribution in [1.82, 2.24) is 4.57 Å². The Hall–Kier alpha value is -2.40. The van der Waals surface area contributed by atoms with Gasteiger partial charge in [0.2, 0.25) is 0 Å². The molecule has 0 N–H and O–H groups in total. The van der Waals surface area contributed by atoms with E-state index in [9.17, 15) is 4.39 Å². The first kappa shape index (κ1) is 16.5. The highest BCUT2D eigenvalue weighted by atomic mass is 32.1. The first-order valence-electron chi connectivity index (χ1n) is 7.85. The number of hydrogen-bond acceptors (Lipinski definition) is 3. The summed E-state index contributed by atoms with van der Waals surface area (Å²) in [5.74, 6) is -0.101. The van der Waals surface area contributed by atoms with E-state index in [0.29, 0.717) is 0 Å². The van der Waals surface area contributed by atoms with Crippen LogP contribution in [0, 0.1) is 5.82 Å². The summed E-state index contributed by atoms with van der Waals surface area (Å²) in [4.78, 5) is 5.64. The highest BCUT2D eigenvalue weighted by Gasteiger charge is 2.11. The molecule has 0 aliphatic rings. The fraction of sp³-hybridized carbons (Fsp3) is 0.211. The van der Waals surface area contributed by atoms with Crippen LogP contribution in [0.25, 0.3) is 11.3 Å². The maximum absolute atomic E-state index is 14.1. The van der Waals surface area contributed by atoms with Crippen molar-refractivity contribution >= 4 is 17.0 Å². The van der Waals surface area contributed by atoms with E-state index in [-0.39, 0.29) is 11.6 Å². The molecule has 3 rings (SSSR count). The summed E-state index contributed by atoms with van der Waals surface area (Å²) < 4.78 is 21.2. The second-order valence-electron chi connectivity index (χ2n) is 5.35. The van der Waals surface area contributed by atoms with Gasteiger partial charge >= 0.3 is 0 Å². The number of aromatic nitrogens is 1. The van der Waals surface area contributed by atoms with Gasteiger partial charge in [-0.2, -0.15) is 0 Å². The minimum absolute atomic E-state index is 0.255. The highest BCUT2D eigenvalue weighted by molar-refractivity contribution is 7.07. The van der Waals surface area contributed by atoms with Crippen LogP contribution < -0.4 is 9.54 Å². The summed E-state index contributed by atoms with van der Waals surface area (Å²) in [5.41, 5.74) is 2.71. The summed E-state index contributed by atoms with van der Waals surface area (Å²) in [7, 11) is 1.47. The van der Waals surface area contributed by atoms with E-state index in [2.05, 4.69) is 11.5 Å². The van der Waals surface area contributed by atoms with Gasteiger partial charge in [0, 0.05) is 17.5 Å². The molecule has 0 fully saturated rings. The number of thiazole rings is 1. The van der Waals surface area contributed by atoms with Crippen LogP contribution >= 0.6 is 11.3 Å². The molecule has 3 nitrogen and oxygen atoms in total. The number of para-hydroxylation sites is 1. The van der Waals surface area contributed by atoms with Gasteiger partial charge in [-0.25, -0.2) is 9.38 Å². The van der Waals surface area contributed by atoms with E-state index >= 15 is 0 Å². The second-order valence-corrected chi connectivity index (χ2v) is 6.19. The average Bonchev–Trinajstić information content (AvgIpc) is 2.99. The molecule has 1 aromatic heterocycles. The van der Waals surface area contributed by atoms with E-state index in [0.717, 1.165) is 34.7 Å². The molecule has 0 unspecified atom stereocenters. The van der Waals surface area contributed by atoms with Gasteiger partial charge in [-0.15, -0.1) is 11.3 Å². The number of benzene rings is 2. The van der Waals surface area contributed by atoms with Crippen LogP contribution in [-0.4, -0.2) is 11.7 Å². The Morgan fingerprint density at radius 1 is 1.17 bits per heavy atom. The van der Waals surface area contributed by atoms with Crippen molar-refractivity contribution in [2.75, 3.05) is 7.11 Å². The monoisotopic (exact) mass is 342 g/mol. The lowest BCUT2D eigenvalue weighted by molar-refractivity contribution is 0.386. The van der Waals surface area contributed by atoms with Crippen LogP contribution in [0.15, 0.2) is 58.9 Å². The van der Waals surface area contributed by atoms with E-state index in [4.69, 9.17) is 9.73 Å². The molecule has 24 heavy (non-hydrogen) atoms. The van der Waals surface area contributed by atoms with Crippen LogP contribution in [0.5, 0.6) is 5.75 Å². The van der Waals surface area contributed by atoms with Crippen LogP contribution in [0.4, 0.5) is 10.1 Å². The minimum atomic E-state index is -0.356. The zero-order chi connectivity index (χ0) is 16.9. The predicted octanol–water partition coefficient (Wildman–Crippen LogP) is 5.01. The van der Waals surface area contributed by atoms with E-state index in [1.54, 1.807) is 17.4 Å². The second kappa shape index (κ2) is 7.45. The van der Waals surface area contributed by atoms with Gasteiger partial charge in [0.1, 0.15) is 0 Å². The third-order valence-electron chi connectivity index (χ3n) is 3.67. The SMILES string of the molecule is CCCn1c(-c2ccc(OC)c(F)c2)csc1=Nc1ccccc1. The maximum Gasteiger partial charge on any atom is 0.190 e. The molecule has 0 aliphatic carbocycles. The normalized spacial score (nSPS) is 11.7. The lowest BCUT2D eigenvalue weighted by Gasteiger charge is -2.09. The Labute approximate surface area is 144 Å². The van der Waals surface area contributed by atoms with Crippen LogP contribution in [0.3, 0.4) is 0 Å². The van der Waals surface area contributed by atoms with Crippen molar-refractivity contribution in [2.24, 2.45) is 4.99 Å². The summed E-state index contributed by atoms with van der Waals surface area (Å²) in [6.45, 7) is 2.95. The van der Waals surface area contributed by atoms with E-state index < -0.39 is 0 Å². The van der Waals surface area contributed by atoms with Gasteiger partial charge < -0.3 is 9.30 Å². The lowest BCUT2D eigenvalue weighted by Crippen LogP contribution is -2.15. The standard InChI is InChI=1S/C19H19FN2OS/c1-3-11-22-17(14-9-10-18(23-2)16(20)12-14)13-24-19(22)21-15-7-5-4-6-8-15/h4-10,12-13H,3,11H2,1-2H3. The molecular weight excluding hydrogens is 323 g/mol. The molecular formula is C19H19FN2OS. The number of halogens is 1. The Balaban J connectivity index is 2.09. The van der Waals surface area contributed by atoms with Gasteiger partial charge in [0.05, 0.1) is 18.5 Å². The van der Waals surface area contributed by atoms with Crippen molar-refractivity contribution < 1.29 is 9.13 Å². The zero-order valence-electron chi connectivity index (χ0n) is 13.7. The molecule has 0 saturated heterocycles. The number of hydrogen-bond donors (Lipinski definition) is 0. The third kappa shape index (κ3) is 3.41. The molecule has 2 aromatic carbocycles. The zero-order valence-corrected chi connectivity index (χ0v) is 14.5. The first-order valence-corrected chi connectivity index (χ1v) is 8.73. The Bertz CT molecular complexity index is 884. The van der Waals surface area contributed by atoms with Crippen molar-refractivity contribution in [1.29, 1.82) is 0 Å². The number of nitrogens with zero attached hydrogens (tertiary/aromatic N) is 2. The van der Waals surface area contributed by atoms with Crippen molar-refractivity contribution in [3.05, 3.63) is 64.5 Å². The molecule has 0 spiro atoms. The van der Waals surface area contributed by atoms with Crippen LogP contribution in [0.1, 0.15) is 13.3 Å². The van der Waals surface area contributed by atoms with Crippen LogP contribution in [-0.2, 0) is 6.54 Å². The van der Waals surface area contributed by atoms with Gasteiger partial charge in [-0.3, -0.25) is 0 Å². The predicted molar refractivity (Wildman–Crippen MR) is 96.2 cm³/mol. The summed E-state index contributed by atoms with van der Waals surface area (Å²) in [6.07, 6.45) is 0.977. The molecule has 0 atom stereocenters. The summed E-state index contributed by atoms with van der Waals surface area (Å²) >= 11 is 1.56. The van der Waals surface area contributed by atoms with Crippen LogP contribution in [0.2, 0.25) is 0 Å². The molecule has 1 heterocycles. The number of methoxy groups -OCH3 is 1. The molecule has 5 heteroatoms. The Kier molecular flexibility index (Phi) is 5.11. The number of ether oxygens (including phenoxy) is 1. The first-order chi connectivity index (χ1) is 11.7. The third-order valence-corrected chi connectivity index (χ3v) is 4.54. The fourth-order valence-electron chi connectivity index (χ4n) is 2.53. The molecule has 124 valence electrons. The molecule has 0 amide bonds. The Morgan fingerprint density at radius 3 is 2.62 bits per heavy atom. The van der Waals surface area contributed by atoms with Crippen molar-refractivity contribution in [2.45, 2.75) is 19.9 Å². The summed E-state index contributed by atoms with van der Waals surface area (Å²) in [5, 5.41) is 2.03. The smallest absolute Gasteiger partial charge is 0.190 e. The molecule has 0 saturated carbocycles. The lowest BCUT2D eigenvalue weighted by atomic mass is 10.1. The average molecular weight is 342 g/mol. The molecule has 0 bridgehead atoms. The van der Waals surface area contributed by atoms with E-state index in [1.165, 1.54) is 13.2 Å².